The Morgan fingerprint density at radius 1 is 0.778 bits per heavy atom. The lowest BCUT2D eigenvalue weighted by molar-refractivity contribution is 0.450. The molecule has 0 aliphatic carbocycles. The number of benzene rings is 2. The van der Waals surface area contributed by atoms with Gasteiger partial charge in [-0.3, -0.25) is 0 Å². The largest absolute Gasteiger partial charge is 0.497 e. The first-order valence-corrected chi connectivity index (χ1v) is 5.73. The SMILES string of the molecule is F[B-](F)(F)Cn1c2ccccc2c2ccccc21. The second kappa shape index (κ2) is 3.80. The molecule has 0 radical (unpaired) electrons. The summed E-state index contributed by atoms with van der Waals surface area (Å²) in [5.74, 6) is 0. The lowest BCUT2D eigenvalue weighted by atomic mass is 9.92. The van der Waals surface area contributed by atoms with Crippen molar-refractivity contribution in [3.05, 3.63) is 48.5 Å². The van der Waals surface area contributed by atoms with Gasteiger partial charge in [-0.05, 0) is 18.6 Å². The minimum atomic E-state index is -4.85. The van der Waals surface area contributed by atoms with Crippen LogP contribution in [0.15, 0.2) is 48.5 Å². The molecular weight excluding hydrogens is 238 g/mol. The van der Waals surface area contributed by atoms with Crippen LogP contribution in [0.25, 0.3) is 21.8 Å². The van der Waals surface area contributed by atoms with Crippen LogP contribution in [0.1, 0.15) is 0 Å². The molecular formula is C13H10BF3N-. The van der Waals surface area contributed by atoms with Crippen molar-refractivity contribution in [2.24, 2.45) is 0 Å². The number of para-hydroxylation sites is 2. The maximum atomic E-state index is 12.7. The van der Waals surface area contributed by atoms with Crippen LogP contribution in [-0.2, 0) is 6.44 Å². The fourth-order valence-corrected chi connectivity index (χ4v) is 2.41. The van der Waals surface area contributed by atoms with Crippen LogP contribution in [0.4, 0.5) is 12.9 Å². The van der Waals surface area contributed by atoms with E-state index in [4.69, 9.17) is 0 Å². The first kappa shape index (κ1) is 11.2. The summed E-state index contributed by atoms with van der Waals surface area (Å²) in [6.45, 7) is -4.85. The van der Waals surface area contributed by atoms with Crippen LogP contribution in [-0.4, -0.2) is 11.5 Å². The molecule has 0 fully saturated rings. The number of fused-ring (bicyclic) bond motifs is 3. The van der Waals surface area contributed by atoms with Gasteiger partial charge in [0.25, 0.3) is 0 Å². The third-order valence-electron chi connectivity index (χ3n) is 3.07. The number of hydrogen-bond acceptors (Lipinski definition) is 0. The smallest absolute Gasteiger partial charge is 0.448 e. The van der Waals surface area contributed by atoms with E-state index in [-0.39, 0.29) is 0 Å². The molecule has 0 aliphatic rings. The molecule has 1 heterocycles. The molecule has 0 amide bonds. The first-order valence-electron chi connectivity index (χ1n) is 5.73. The summed E-state index contributed by atoms with van der Waals surface area (Å²) < 4.78 is 39.5. The molecule has 0 spiro atoms. The third kappa shape index (κ3) is 1.76. The molecule has 3 aromatic rings. The molecule has 0 unspecified atom stereocenters. The zero-order valence-electron chi connectivity index (χ0n) is 9.48. The van der Waals surface area contributed by atoms with Gasteiger partial charge >= 0.3 is 6.98 Å². The van der Waals surface area contributed by atoms with E-state index in [1.54, 1.807) is 24.3 Å². The van der Waals surface area contributed by atoms with E-state index in [9.17, 15) is 12.9 Å². The fraction of sp³-hybridized carbons (Fsp3) is 0.0769. The molecule has 92 valence electrons. The molecule has 0 saturated carbocycles. The number of hydrogen-bond donors (Lipinski definition) is 0. The highest BCUT2D eigenvalue weighted by Gasteiger charge is 2.25. The van der Waals surface area contributed by atoms with Crippen molar-refractivity contribution in [2.75, 3.05) is 0 Å². The molecule has 0 aliphatic heterocycles. The second-order valence-corrected chi connectivity index (χ2v) is 4.36. The van der Waals surface area contributed by atoms with Crippen LogP contribution in [0.2, 0.25) is 0 Å². The predicted octanol–water partition coefficient (Wildman–Crippen LogP) is 4.18. The Bertz CT molecular complexity index is 662. The Morgan fingerprint density at radius 3 is 1.67 bits per heavy atom. The zero-order chi connectivity index (χ0) is 12.8. The summed E-state index contributed by atoms with van der Waals surface area (Å²) in [6, 6.07) is 14.4. The van der Waals surface area contributed by atoms with Crippen molar-refractivity contribution in [3.8, 4) is 0 Å². The minimum absolute atomic E-state index is 0.637. The van der Waals surface area contributed by atoms with Gasteiger partial charge in [0.2, 0.25) is 0 Å². The van der Waals surface area contributed by atoms with Crippen LogP contribution in [0.5, 0.6) is 0 Å². The molecule has 0 saturated heterocycles. The second-order valence-electron chi connectivity index (χ2n) is 4.36. The Hall–Kier alpha value is -1.91. The zero-order valence-corrected chi connectivity index (χ0v) is 9.48. The van der Waals surface area contributed by atoms with Gasteiger partial charge in [-0.2, -0.15) is 0 Å². The van der Waals surface area contributed by atoms with Crippen LogP contribution >= 0.6 is 0 Å². The molecule has 2 aromatic carbocycles. The van der Waals surface area contributed by atoms with E-state index in [1.807, 2.05) is 24.3 Å². The van der Waals surface area contributed by atoms with E-state index in [0.29, 0.717) is 11.0 Å². The topological polar surface area (TPSA) is 4.93 Å². The van der Waals surface area contributed by atoms with Gasteiger partial charge in [0.1, 0.15) is 0 Å². The number of rotatable bonds is 2. The lowest BCUT2D eigenvalue weighted by Gasteiger charge is -2.16. The molecule has 3 rings (SSSR count). The predicted molar refractivity (Wildman–Crippen MR) is 68.5 cm³/mol. The highest BCUT2D eigenvalue weighted by atomic mass is 19.4. The van der Waals surface area contributed by atoms with E-state index in [2.05, 4.69) is 0 Å². The summed E-state index contributed by atoms with van der Waals surface area (Å²) in [5, 5.41) is 1.74. The molecule has 1 nitrogen and oxygen atoms in total. The van der Waals surface area contributed by atoms with Gasteiger partial charge in [-0.15, -0.1) is 0 Å². The third-order valence-corrected chi connectivity index (χ3v) is 3.07. The van der Waals surface area contributed by atoms with Gasteiger partial charge in [-0.1, -0.05) is 36.4 Å². The number of halogens is 3. The molecule has 5 heteroatoms. The molecule has 18 heavy (non-hydrogen) atoms. The monoisotopic (exact) mass is 248 g/mol. The van der Waals surface area contributed by atoms with Crippen molar-refractivity contribution >= 4 is 28.8 Å². The van der Waals surface area contributed by atoms with E-state index < -0.39 is 13.4 Å². The van der Waals surface area contributed by atoms with Gasteiger partial charge in [0.15, 0.2) is 0 Å². The quantitative estimate of drug-likeness (QED) is 0.599. The Morgan fingerprint density at radius 2 is 1.22 bits per heavy atom. The van der Waals surface area contributed by atoms with E-state index in [0.717, 1.165) is 10.8 Å². The summed E-state index contributed by atoms with van der Waals surface area (Å²) in [5.41, 5.74) is 1.27. The van der Waals surface area contributed by atoms with Crippen molar-refractivity contribution < 1.29 is 12.9 Å². The first-order chi connectivity index (χ1) is 8.56. The highest BCUT2D eigenvalue weighted by Crippen LogP contribution is 2.30. The van der Waals surface area contributed by atoms with Crippen molar-refractivity contribution in [3.63, 3.8) is 0 Å². The van der Waals surface area contributed by atoms with Gasteiger partial charge in [0, 0.05) is 21.8 Å². The molecule has 0 N–H and O–H groups in total. The van der Waals surface area contributed by atoms with E-state index >= 15 is 0 Å². The normalized spacial score (nSPS) is 12.4. The summed E-state index contributed by atoms with van der Waals surface area (Å²) in [6.07, 6.45) is -0.895. The molecule has 1 aromatic heterocycles. The highest BCUT2D eigenvalue weighted by molar-refractivity contribution is 6.57. The average Bonchev–Trinajstić information content (AvgIpc) is 2.64. The minimum Gasteiger partial charge on any atom is -0.448 e. The van der Waals surface area contributed by atoms with Crippen molar-refractivity contribution in [1.29, 1.82) is 0 Å². The van der Waals surface area contributed by atoms with Crippen molar-refractivity contribution in [2.45, 2.75) is 6.44 Å². The number of aromatic nitrogens is 1. The molecule has 0 bridgehead atoms. The van der Waals surface area contributed by atoms with Gasteiger partial charge < -0.3 is 17.5 Å². The number of nitrogens with zero attached hydrogens (tertiary/aromatic N) is 1. The fourth-order valence-electron chi connectivity index (χ4n) is 2.41. The van der Waals surface area contributed by atoms with Gasteiger partial charge in [0.05, 0.1) is 0 Å². The lowest BCUT2D eigenvalue weighted by Crippen LogP contribution is -2.23. The van der Waals surface area contributed by atoms with Crippen LogP contribution in [0, 0.1) is 0 Å². The van der Waals surface area contributed by atoms with Crippen molar-refractivity contribution in [1.82, 2.24) is 4.57 Å². The Balaban J connectivity index is 2.38. The Labute approximate surface area is 102 Å². The van der Waals surface area contributed by atoms with Gasteiger partial charge in [-0.25, -0.2) is 0 Å². The summed E-state index contributed by atoms with van der Waals surface area (Å²) >= 11 is 0. The van der Waals surface area contributed by atoms with E-state index in [1.165, 1.54) is 4.57 Å². The van der Waals surface area contributed by atoms with Crippen LogP contribution < -0.4 is 0 Å². The standard InChI is InChI=1S/C13H10BF3N/c15-14(16,17)9-18-12-7-3-1-5-10(12)11-6-2-4-8-13(11)18/h1-8H,9H2/q-1. The maximum absolute atomic E-state index is 12.7. The summed E-state index contributed by atoms with van der Waals surface area (Å²) in [4.78, 5) is 0. The summed E-state index contributed by atoms with van der Waals surface area (Å²) in [7, 11) is 0. The Kier molecular flexibility index (Phi) is 2.36. The van der Waals surface area contributed by atoms with Crippen LogP contribution in [0.3, 0.4) is 0 Å². The maximum Gasteiger partial charge on any atom is 0.497 e. The average molecular weight is 248 g/mol. The molecule has 0 atom stereocenters.